The molecule has 1 aromatic rings. The Balaban J connectivity index is 2.82. The summed E-state index contributed by atoms with van der Waals surface area (Å²) in [6, 6.07) is 0.153. The van der Waals surface area contributed by atoms with Crippen molar-refractivity contribution in [1.29, 1.82) is 0 Å². The molecule has 3 N–H and O–H groups in total. The average Bonchev–Trinajstić information content (AvgIpc) is 2.34. The van der Waals surface area contributed by atoms with Gasteiger partial charge < -0.3 is 10.7 Å². The minimum atomic E-state index is 0.153. The standard InChI is InChI=1S/C7H11BrN2/c1-2-7(9)5-3-10-4-6(5)8/h3-4,7,10H,2,9H2,1H3. The van der Waals surface area contributed by atoms with Crippen molar-refractivity contribution in [2.75, 3.05) is 0 Å². The molecule has 1 heterocycles. The van der Waals surface area contributed by atoms with Crippen molar-refractivity contribution in [2.24, 2.45) is 5.73 Å². The summed E-state index contributed by atoms with van der Waals surface area (Å²) in [5.74, 6) is 0. The quantitative estimate of drug-likeness (QED) is 0.759. The van der Waals surface area contributed by atoms with Gasteiger partial charge in [0.15, 0.2) is 0 Å². The van der Waals surface area contributed by atoms with Gasteiger partial charge in [-0.05, 0) is 22.4 Å². The van der Waals surface area contributed by atoms with E-state index in [1.165, 1.54) is 0 Å². The molecule has 2 nitrogen and oxygen atoms in total. The Labute approximate surface area is 68.9 Å². The van der Waals surface area contributed by atoms with E-state index in [1.807, 2.05) is 12.4 Å². The minimum absolute atomic E-state index is 0.153. The van der Waals surface area contributed by atoms with E-state index in [-0.39, 0.29) is 6.04 Å². The Morgan fingerprint density at radius 3 is 2.80 bits per heavy atom. The van der Waals surface area contributed by atoms with Gasteiger partial charge in [0.2, 0.25) is 0 Å². The van der Waals surface area contributed by atoms with E-state index in [4.69, 9.17) is 5.73 Å². The van der Waals surface area contributed by atoms with Crippen molar-refractivity contribution in [1.82, 2.24) is 4.98 Å². The largest absolute Gasteiger partial charge is 0.366 e. The van der Waals surface area contributed by atoms with Crippen molar-refractivity contribution < 1.29 is 0 Å². The number of hydrogen-bond donors (Lipinski definition) is 2. The number of halogens is 1. The second kappa shape index (κ2) is 3.21. The minimum Gasteiger partial charge on any atom is -0.366 e. The number of rotatable bonds is 2. The van der Waals surface area contributed by atoms with Gasteiger partial charge in [0, 0.05) is 28.5 Å². The van der Waals surface area contributed by atoms with Gasteiger partial charge in [-0.25, -0.2) is 0 Å². The molecule has 3 heteroatoms. The van der Waals surface area contributed by atoms with E-state index >= 15 is 0 Å². The second-order valence-corrected chi connectivity index (χ2v) is 3.13. The van der Waals surface area contributed by atoms with Crippen LogP contribution in [0.15, 0.2) is 16.9 Å². The highest BCUT2D eigenvalue weighted by Gasteiger charge is 2.06. The first-order valence-electron chi connectivity index (χ1n) is 3.33. The molecule has 0 aliphatic rings. The third-order valence-electron chi connectivity index (χ3n) is 1.56. The molecule has 1 atom stereocenters. The second-order valence-electron chi connectivity index (χ2n) is 2.27. The Bertz CT molecular complexity index is 207. The van der Waals surface area contributed by atoms with Crippen LogP contribution in [0.25, 0.3) is 0 Å². The molecule has 0 fully saturated rings. The maximum absolute atomic E-state index is 5.79. The first kappa shape index (κ1) is 7.82. The van der Waals surface area contributed by atoms with E-state index in [9.17, 15) is 0 Å². The SMILES string of the molecule is CCC(N)c1c[nH]cc1Br. The summed E-state index contributed by atoms with van der Waals surface area (Å²) in [6.45, 7) is 2.07. The van der Waals surface area contributed by atoms with Crippen LogP contribution in [0.2, 0.25) is 0 Å². The molecule has 0 radical (unpaired) electrons. The Morgan fingerprint density at radius 1 is 1.70 bits per heavy atom. The van der Waals surface area contributed by atoms with Crippen LogP contribution >= 0.6 is 15.9 Å². The van der Waals surface area contributed by atoms with Crippen LogP contribution < -0.4 is 5.73 Å². The molecule has 0 aromatic carbocycles. The smallest absolute Gasteiger partial charge is 0.0397 e. The Hall–Kier alpha value is -0.280. The van der Waals surface area contributed by atoms with Crippen LogP contribution in [0, 0.1) is 0 Å². The van der Waals surface area contributed by atoms with Crippen molar-refractivity contribution >= 4 is 15.9 Å². The summed E-state index contributed by atoms with van der Waals surface area (Å²) in [5.41, 5.74) is 6.94. The van der Waals surface area contributed by atoms with Crippen LogP contribution in [-0.4, -0.2) is 4.98 Å². The van der Waals surface area contributed by atoms with Gasteiger partial charge in [-0.1, -0.05) is 6.92 Å². The zero-order valence-electron chi connectivity index (χ0n) is 5.89. The maximum Gasteiger partial charge on any atom is 0.0397 e. The summed E-state index contributed by atoms with van der Waals surface area (Å²) < 4.78 is 1.07. The van der Waals surface area contributed by atoms with E-state index in [0.29, 0.717) is 0 Å². The lowest BCUT2D eigenvalue weighted by Crippen LogP contribution is -2.07. The summed E-state index contributed by atoms with van der Waals surface area (Å²) in [6.07, 6.45) is 4.79. The van der Waals surface area contributed by atoms with Crippen LogP contribution in [0.3, 0.4) is 0 Å². The molecule has 0 saturated carbocycles. The monoisotopic (exact) mass is 202 g/mol. The first-order chi connectivity index (χ1) is 4.75. The lowest BCUT2D eigenvalue weighted by molar-refractivity contribution is 0.697. The molecule has 0 saturated heterocycles. The molecule has 0 aliphatic carbocycles. The molecule has 0 amide bonds. The van der Waals surface area contributed by atoms with Gasteiger partial charge in [-0.3, -0.25) is 0 Å². The lowest BCUT2D eigenvalue weighted by atomic mass is 10.1. The Kier molecular flexibility index (Phi) is 2.51. The van der Waals surface area contributed by atoms with Gasteiger partial charge in [0.05, 0.1) is 0 Å². The summed E-state index contributed by atoms with van der Waals surface area (Å²) in [5, 5.41) is 0. The van der Waals surface area contributed by atoms with Crippen LogP contribution in [0.4, 0.5) is 0 Å². The topological polar surface area (TPSA) is 41.8 Å². The molecule has 0 aliphatic heterocycles. The van der Waals surface area contributed by atoms with E-state index in [1.54, 1.807) is 0 Å². The molecule has 1 aromatic heterocycles. The van der Waals surface area contributed by atoms with Crippen LogP contribution in [0.5, 0.6) is 0 Å². The fourth-order valence-electron chi connectivity index (χ4n) is 0.861. The van der Waals surface area contributed by atoms with Crippen molar-refractivity contribution in [3.05, 3.63) is 22.4 Å². The zero-order chi connectivity index (χ0) is 7.56. The third-order valence-corrected chi connectivity index (χ3v) is 2.25. The van der Waals surface area contributed by atoms with E-state index in [0.717, 1.165) is 16.5 Å². The van der Waals surface area contributed by atoms with Gasteiger partial charge in [-0.2, -0.15) is 0 Å². The zero-order valence-corrected chi connectivity index (χ0v) is 7.48. The number of aromatic amines is 1. The highest BCUT2D eigenvalue weighted by Crippen LogP contribution is 2.22. The van der Waals surface area contributed by atoms with Crippen molar-refractivity contribution in [3.8, 4) is 0 Å². The average molecular weight is 203 g/mol. The normalized spacial score (nSPS) is 13.5. The molecule has 56 valence electrons. The number of aromatic nitrogens is 1. The third kappa shape index (κ3) is 1.41. The van der Waals surface area contributed by atoms with Gasteiger partial charge >= 0.3 is 0 Å². The van der Waals surface area contributed by atoms with Crippen molar-refractivity contribution in [2.45, 2.75) is 19.4 Å². The summed E-state index contributed by atoms with van der Waals surface area (Å²) >= 11 is 3.40. The summed E-state index contributed by atoms with van der Waals surface area (Å²) in [7, 11) is 0. The highest BCUT2D eigenvalue weighted by molar-refractivity contribution is 9.10. The first-order valence-corrected chi connectivity index (χ1v) is 4.12. The van der Waals surface area contributed by atoms with Crippen molar-refractivity contribution in [3.63, 3.8) is 0 Å². The number of hydrogen-bond acceptors (Lipinski definition) is 1. The predicted molar refractivity (Wildman–Crippen MR) is 45.7 cm³/mol. The molecular weight excluding hydrogens is 192 g/mol. The fourth-order valence-corrected chi connectivity index (χ4v) is 1.40. The molecule has 1 rings (SSSR count). The predicted octanol–water partition coefficient (Wildman–Crippen LogP) is 2.19. The van der Waals surface area contributed by atoms with Gasteiger partial charge in [-0.15, -0.1) is 0 Å². The van der Waals surface area contributed by atoms with Gasteiger partial charge in [0.25, 0.3) is 0 Å². The lowest BCUT2D eigenvalue weighted by Gasteiger charge is -2.05. The number of H-pyrrole nitrogens is 1. The van der Waals surface area contributed by atoms with Crippen LogP contribution in [-0.2, 0) is 0 Å². The Morgan fingerprint density at radius 2 is 2.40 bits per heavy atom. The van der Waals surface area contributed by atoms with Crippen LogP contribution in [0.1, 0.15) is 24.9 Å². The molecular formula is C7H11BrN2. The molecule has 10 heavy (non-hydrogen) atoms. The van der Waals surface area contributed by atoms with E-state index < -0.39 is 0 Å². The fraction of sp³-hybridized carbons (Fsp3) is 0.429. The number of nitrogens with one attached hydrogen (secondary N) is 1. The summed E-state index contributed by atoms with van der Waals surface area (Å²) in [4.78, 5) is 2.99. The number of nitrogens with two attached hydrogens (primary N) is 1. The highest BCUT2D eigenvalue weighted by atomic mass is 79.9. The maximum atomic E-state index is 5.79. The molecule has 0 spiro atoms. The van der Waals surface area contributed by atoms with E-state index in [2.05, 4.69) is 27.8 Å². The van der Waals surface area contributed by atoms with Gasteiger partial charge in [0.1, 0.15) is 0 Å². The molecule has 0 bridgehead atoms. The molecule has 1 unspecified atom stereocenters.